The lowest BCUT2D eigenvalue weighted by atomic mass is 10.0. The van der Waals surface area contributed by atoms with Crippen molar-refractivity contribution in [1.29, 1.82) is 0 Å². The van der Waals surface area contributed by atoms with Gasteiger partial charge in [0.15, 0.2) is 0 Å². The molecule has 1 atom stereocenters. The Hall–Kier alpha value is -1.76. The molecule has 1 aromatic rings. The number of alkyl halides is 3. The molecule has 3 N–H and O–H groups in total. The van der Waals surface area contributed by atoms with Gasteiger partial charge in [0.25, 0.3) is 0 Å². The van der Waals surface area contributed by atoms with Crippen molar-refractivity contribution in [3.63, 3.8) is 0 Å². The number of benzene rings is 1. The molecular formula is C10H10F3NO3. The topological polar surface area (TPSA) is 72.5 Å². The number of carboxylic acid groups (broad SMARTS) is 1. The van der Waals surface area contributed by atoms with Gasteiger partial charge in [0, 0.05) is 5.56 Å². The summed E-state index contributed by atoms with van der Waals surface area (Å²) in [6, 6.07) is 0.961. The third-order valence-corrected chi connectivity index (χ3v) is 2.16. The lowest BCUT2D eigenvalue weighted by molar-refractivity contribution is -0.140. The van der Waals surface area contributed by atoms with E-state index in [1.807, 2.05) is 0 Å². The number of methoxy groups -OCH3 is 1. The molecule has 0 fully saturated rings. The zero-order valence-electron chi connectivity index (χ0n) is 8.78. The summed E-state index contributed by atoms with van der Waals surface area (Å²) >= 11 is 0. The predicted molar refractivity (Wildman–Crippen MR) is 52.6 cm³/mol. The Labute approximate surface area is 94.8 Å². The van der Waals surface area contributed by atoms with Crippen LogP contribution in [0.1, 0.15) is 17.2 Å². The third kappa shape index (κ3) is 2.88. The van der Waals surface area contributed by atoms with Crippen LogP contribution >= 0.6 is 0 Å². The highest BCUT2D eigenvalue weighted by Gasteiger charge is 2.32. The van der Waals surface area contributed by atoms with Gasteiger partial charge in [0.05, 0.1) is 12.7 Å². The van der Waals surface area contributed by atoms with Crippen LogP contribution in [0, 0.1) is 0 Å². The van der Waals surface area contributed by atoms with Gasteiger partial charge in [-0.05, 0) is 18.2 Å². The van der Waals surface area contributed by atoms with Gasteiger partial charge in [-0.25, -0.2) is 0 Å². The van der Waals surface area contributed by atoms with Crippen molar-refractivity contribution in [3.05, 3.63) is 29.3 Å². The molecule has 0 amide bonds. The van der Waals surface area contributed by atoms with E-state index in [0.717, 1.165) is 12.1 Å². The van der Waals surface area contributed by atoms with Crippen molar-refractivity contribution in [2.45, 2.75) is 12.2 Å². The van der Waals surface area contributed by atoms with Gasteiger partial charge in [-0.3, -0.25) is 4.79 Å². The van der Waals surface area contributed by atoms with Crippen LogP contribution in [0.4, 0.5) is 13.2 Å². The highest BCUT2D eigenvalue weighted by molar-refractivity contribution is 5.76. The molecule has 7 heteroatoms. The maximum atomic E-state index is 12.4. The van der Waals surface area contributed by atoms with Crippen molar-refractivity contribution in [1.82, 2.24) is 0 Å². The molecule has 1 rings (SSSR count). The Morgan fingerprint density at radius 2 is 2.06 bits per heavy atom. The van der Waals surface area contributed by atoms with Crippen LogP contribution in [0.5, 0.6) is 5.75 Å². The Morgan fingerprint density at radius 3 is 2.47 bits per heavy atom. The first-order valence-electron chi connectivity index (χ1n) is 4.51. The number of hydrogen-bond acceptors (Lipinski definition) is 3. The van der Waals surface area contributed by atoms with E-state index >= 15 is 0 Å². The van der Waals surface area contributed by atoms with E-state index in [4.69, 9.17) is 15.6 Å². The fourth-order valence-electron chi connectivity index (χ4n) is 1.29. The first-order valence-corrected chi connectivity index (χ1v) is 4.51. The molecule has 0 bridgehead atoms. The average molecular weight is 249 g/mol. The molecule has 0 heterocycles. The number of hydrogen-bond donors (Lipinski definition) is 2. The largest absolute Gasteiger partial charge is 0.496 e. The molecule has 1 aromatic carbocycles. The zero-order chi connectivity index (χ0) is 13.2. The fourth-order valence-corrected chi connectivity index (χ4v) is 1.29. The predicted octanol–water partition coefficient (Wildman–Crippen LogP) is 1.80. The lowest BCUT2D eigenvalue weighted by Crippen LogP contribution is -2.22. The molecule has 0 spiro atoms. The minimum Gasteiger partial charge on any atom is -0.496 e. The number of carboxylic acids is 1. The maximum absolute atomic E-state index is 12.4. The van der Waals surface area contributed by atoms with Crippen LogP contribution in [0.2, 0.25) is 0 Å². The maximum Gasteiger partial charge on any atom is 0.416 e. The second kappa shape index (κ2) is 4.62. The number of nitrogens with two attached hydrogens (primary N) is 1. The minimum absolute atomic E-state index is 0.00731. The van der Waals surface area contributed by atoms with E-state index in [1.54, 1.807) is 0 Å². The molecule has 0 aliphatic heterocycles. The van der Waals surface area contributed by atoms with Gasteiger partial charge in [0.2, 0.25) is 0 Å². The lowest BCUT2D eigenvalue weighted by Gasteiger charge is -2.15. The van der Waals surface area contributed by atoms with Gasteiger partial charge >= 0.3 is 12.1 Å². The van der Waals surface area contributed by atoms with Gasteiger partial charge in [-0.1, -0.05) is 0 Å². The fraction of sp³-hybridized carbons (Fsp3) is 0.300. The van der Waals surface area contributed by atoms with E-state index in [-0.39, 0.29) is 11.3 Å². The van der Waals surface area contributed by atoms with Crippen molar-refractivity contribution in [2.24, 2.45) is 5.73 Å². The smallest absolute Gasteiger partial charge is 0.416 e. The summed E-state index contributed by atoms with van der Waals surface area (Å²) < 4.78 is 42.1. The summed E-state index contributed by atoms with van der Waals surface area (Å²) in [6.45, 7) is 0. The number of rotatable bonds is 3. The standard InChI is InChI=1S/C10H10F3NO3/c1-17-7-3-2-5(10(11,12)13)4-6(7)8(14)9(15)16/h2-4,8H,14H2,1H3,(H,15,16)/t8-/m0/s1. The minimum atomic E-state index is -4.56. The second-order valence-corrected chi connectivity index (χ2v) is 3.27. The normalized spacial score (nSPS) is 13.2. The summed E-state index contributed by atoms with van der Waals surface area (Å²) in [6.07, 6.45) is -4.56. The van der Waals surface area contributed by atoms with Crippen LogP contribution in [-0.2, 0) is 11.0 Å². The molecule has 0 aliphatic rings. The number of carbonyl (C=O) groups is 1. The first-order chi connectivity index (χ1) is 7.77. The van der Waals surface area contributed by atoms with Crippen molar-refractivity contribution in [2.75, 3.05) is 7.11 Å². The van der Waals surface area contributed by atoms with Crippen molar-refractivity contribution < 1.29 is 27.8 Å². The van der Waals surface area contributed by atoms with Crippen molar-refractivity contribution >= 4 is 5.97 Å². The summed E-state index contributed by atoms with van der Waals surface area (Å²) in [7, 11) is 1.22. The summed E-state index contributed by atoms with van der Waals surface area (Å²) in [4.78, 5) is 10.7. The summed E-state index contributed by atoms with van der Waals surface area (Å²) in [5, 5.41) is 8.69. The molecule has 0 aliphatic carbocycles. The van der Waals surface area contributed by atoms with E-state index in [2.05, 4.69) is 0 Å². The molecule has 0 saturated heterocycles. The van der Waals surface area contributed by atoms with Crippen LogP contribution in [0.15, 0.2) is 18.2 Å². The van der Waals surface area contributed by atoms with Crippen molar-refractivity contribution in [3.8, 4) is 5.75 Å². The Morgan fingerprint density at radius 1 is 1.47 bits per heavy atom. The Bertz CT molecular complexity index is 431. The Kier molecular flexibility index (Phi) is 3.62. The molecule has 94 valence electrons. The second-order valence-electron chi connectivity index (χ2n) is 3.27. The van der Waals surface area contributed by atoms with Gasteiger partial charge in [-0.15, -0.1) is 0 Å². The van der Waals surface area contributed by atoms with Gasteiger partial charge < -0.3 is 15.6 Å². The van der Waals surface area contributed by atoms with Crippen LogP contribution in [-0.4, -0.2) is 18.2 Å². The molecule has 0 unspecified atom stereocenters. The van der Waals surface area contributed by atoms with Crippen LogP contribution < -0.4 is 10.5 Å². The van der Waals surface area contributed by atoms with Gasteiger partial charge in [-0.2, -0.15) is 13.2 Å². The average Bonchev–Trinajstić information content (AvgIpc) is 2.25. The summed E-state index contributed by atoms with van der Waals surface area (Å²) in [5.74, 6) is -1.42. The number of ether oxygens (including phenoxy) is 1. The SMILES string of the molecule is COc1ccc(C(F)(F)F)cc1[C@H](N)C(=O)O. The summed E-state index contributed by atoms with van der Waals surface area (Å²) in [5.41, 5.74) is 4.10. The quantitative estimate of drug-likeness (QED) is 0.856. The highest BCUT2D eigenvalue weighted by Crippen LogP contribution is 2.34. The zero-order valence-corrected chi connectivity index (χ0v) is 8.78. The number of aliphatic carboxylic acids is 1. The number of halogens is 3. The molecule has 0 saturated carbocycles. The molecular weight excluding hydrogens is 239 g/mol. The Balaban J connectivity index is 3.29. The molecule has 0 aromatic heterocycles. The van der Waals surface area contributed by atoms with E-state index < -0.39 is 23.8 Å². The van der Waals surface area contributed by atoms with Gasteiger partial charge in [0.1, 0.15) is 11.8 Å². The molecule has 0 radical (unpaired) electrons. The van der Waals surface area contributed by atoms with Crippen LogP contribution in [0.25, 0.3) is 0 Å². The van der Waals surface area contributed by atoms with E-state index in [9.17, 15) is 18.0 Å². The van der Waals surface area contributed by atoms with Crippen LogP contribution in [0.3, 0.4) is 0 Å². The third-order valence-electron chi connectivity index (χ3n) is 2.16. The molecule has 4 nitrogen and oxygen atoms in total. The first kappa shape index (κ1) is 13.3. The highest BCUT2D eigenvalue weighted by atomic mass is 19.4. The van der Waals surface area contributed by atoms with E-state index in [1.165, 1.54) is 7.11 Å². The molecule has 17 heavy (non-hydrogen) atoms. The van der Waals surface area contributed by atoms with E-state index in [0.29, 0.717) is 6.07 Å². The monoisotopic (exact) mass is 249 g/mol.